The Balaban J connectivity index is 2.74. The number of esters is 2. The number of carbonyl (C=O) groups excluding carboxylic acids is 2. The molecule has 4 nitrogen and oxygen atoms in total. The van der Waals surface area contributed by atoms with Crippen molar-refractivity contribution in [2.24, 2.45) is 17.8 Å². The van der Waals surface area contributed by atoms with Gasteiger partial charge in [-0.05, 0) is 55.6 Å². The number of benzene rings is 1. The van der Waals surface area contributed by atoms with E-state index in [1.807, 2.05) is 0 Å². The molecule has 4 heteroatoms. The van der Waals surface area contributed by atoms with Crippen LogP contribution in [-0.2, 0) is 9.47 Å². The third-order valence-corrected chi connectivity index (χ3v) is 6.31. The zero-order valence-electron chi connectivity index (χ0n) is 21.2. The van der Waals surface area contributed by atoms with Crippen molar-refractivity contribution in [3.05, 3.63) is 35.4 Å². The predicted octanol–water partition coefficient (Wildman–Crippen LogP) is 7.85. The zero-order valence-corrected chi connectivity index (χ0v) is 21.2. The van der Waals surface area contributed by atoms with Gasteiger partial charge < -0.3 is 9.47 Å². The maximum absolute atomic E-state index is 12.8. The van der Waals surface area contributed by atoms with Gasteiger partial charge in [0, 0.05) is 0 Å². The number of carbonyl (C=O) groups is 2. The lowest BCUT2D eigenvalue weighted by molar-refractivity contribution is 0.0372. The van der Waals surface area contributed by atoms with Crippen LogP contribution in [0.1, 0.15) is 120 Å². The number of unbranched alkanes of at least 4 members (excludes halogenated alkanes) is 2. The van der Waals surface area contributed by atoms with Crippen LogP contribution in [0.5, 0.6) is 0 Å². The fraction of sp³-hybridized carbons (Fsp3) is 0.714. The highest BCUT2D eigenvalue weighted by Crippen LogP contribution is 2.22. The molecular formula is C28H46O4. The van der Waals surface area contributed by atoms with Gasteiger partial charge in [0.25, 0.3) is 0 Å². The van der Waals surface area contributed by atoms with Crippen molar-refractivity contribution in [1.82, 2.24) is 0 Å². The van der Waals surface area contributed by atoms with Crippen LogP contribution in [0.25, 0.3) is 0 Å². The Labute approximate surface area is 196 Å². The fourth-order valence-electron chi connectivity index (χ4n) is 4.20. The van der Waals surface area contributed by atoms with Gasteiger partial charge in [-0.1, -0.05) is 85.3 Å². The van der Waals surface area contributed by atoms with Crippen LogP contribution in [0.2, 0.25) is 0 Å². The SMILES string of the molecule is CCCCCC(CCC)COC(=O)c1ccccc1C(=O)OCC(CCC)CC(C)CC. The molecule has 0 saturated carbocycles. The van der Waals surface area contributed by atoms with E-state index in [0.717, 1.165) is 51.4 Å². The second-order valence-electron chi connectivity index (χ2n) is 9.30. The molecule has 1 rings (SSSR count). The van der Waals surface area contributed by atoms with Crippen LogP contribution in [0, 0.1) is 17.8 Å². The molecule has 0 spiro atoms. The van der Waals surface area contributed by atoms with Gasteiger partial charge in [0.15, 0.2) is 0 Å². The van der Waals surface area contributed by atoms with Gasteiger partial charge >= 0.3 is 11.9 Å². The number of rotatable bonds is 17. The summed E-state index contributed by atoms with van der Waals surface area (Å²) in [5.41, 5.74) is 0.601. The number of hydrogen-bond donors (Lipinski definition) is 0. The minimum absolute atomic E-state index is 0.300. The summed E-state index contributed by atoms with van der Waals surface area (Å²) in [5.74, 6) is 0.483. The van der Waals surface area contributed by atoms with Crippen LogP contribution in [0.4, 0.5) is 0 Å². The molecule has 1 aromatic rings. The van der Waals surface area contributed by atoms with Crippen LogP contribution in [0.15, 0.2) is 24.3 Å². The lowest BCUT2D eigenvalue weighted by atomic mass is 9.91. The molecule has 182 valence electrons. The number of ether oxygens (including phenoxy) is 2. The Morgan fingerprint density at radius 1 is 0.750 bits per heavy atom. The maximum atomic E-state index is 12.8. The molecule has 0 amide bonds. The number of hydrogen-bond acceptors (Lipinski definition) is 4. The average molecular weight is 447 g/mol. The first kappa shape index (κ1) is 28.2. The quantitative estimate of drug-likeness (QED) is 0.181. The monoisotopic (exact) mass is 446 g/mol. The molecular weight excluding hydrogens is 400 g/mol. The normalized spacial score (nSPS) is 13.9. The van der Waals surface area contributed by atoms with Crippen molar-refractivity contribution in [2.45, 2.75) is 98.8 Å². The minimum atomic E-state index is -0.434. The Kier molecular flexibility index (Phi) is 14.8. The molecule has 0 aromatic heterocycles. The van der Waals surface area contributed by atoms with E-state index in [-0.39, 0.29) is 0 Å². The van der Waals surface area contributed by atoms with Gasteiger partial charge in [-0.15, -0.1) is 0 Å². The molecule has 0 fully saturated rings. The van der Waals surface area contributed by atoms with Crippen molar-refractivity contribution in [2.75, 3.05) is 13.2 Å². The molecule has 0 saturated heterocycles. The van der Waals surface area contributed by atoms with E-state index < -0.39 is 11.9 Å². The van der Waals surface area contributed by atoms with Gasteiger partial charge in [0.05, 0.1) is 24.3 Å². The summed E-state index contributed by atoms with van der Waals surface area (Å²) >= 11 is 0. The fourth-order valence-corrected chi connectivity index (χ4v) is 4.20. The van der Waals surface area contributed by atoms with E-state index >= 15 is 0 Å². The highest BCUT2D eigenvalue weighted by molar-refractivity contribution is 6.03. The van der Waals surface area contributed by atoms with Crippen molar-refractivity contribution in [3.8, 4) is 0 Å². The summed E-state index contributed by atoms with van der Waals surface area (Å²) in [4.78, 5) is 25.6. The molecule has 0 radical (unpaired) electrons. The average Bonchev–Trinajstić information content (AvgIpc) is 2.80. The van der Waals surface area contributed by atoms with Crippen molar-refractivity contribution in [1.29, 1.82) is 0 Å². The van der Waals surface area contributed by atoms with Crippen LogP contribution < -0.4 is 0 Å². The first-order chi connectivity index (χ1) is 15.5. The zero-order chi connectivity index (χ0) is 23.8. The molecule has 32 heavy (non-hydrogen) atoms. The Bertz CT molecular complexity index is 655. The summed E-state index contributed by atoms with van der Waals surface area (Å²) in [6, 6.07) is 6.85. The second kappa shape index (κ2) is 16.7. The standard InChI is InChI=1S/C28H46O4/c1-6-10-11-16-23(14-7-2)20-31-27(29)25-17-12-13-18-26(25)28(30)32-21-24(15-8-3)19-22(5)9-4/h12-13,17-18,22-24H,6-11,14-16,19-21H2,1-5H3. The minimum Gasteiger partial charge on any atom is -0.462 e. The van der Waals surface area contributed by atoms with Crippen molar-refractivity contribution in [3.63, 3.8) is 0 Å². The Morgan fingerprint density at radius 2 is 1.28 bits per heavy atom. The van der Waals surface area contributed by atoms with Gasteiger partial charge in [0.2, 0.25) is 0 Å². The molecule has 0 aliphatic heterocycles. The van der Waals surface area contributed by atoms with Gasteiger partial charge in [-0.3, -0.25) is 0 Å². The molecule has 3 unspecified atom stereocenters. The topological polar surface area (TPSA) is 52.6 Å². The maximum Gasteiger partial charge on any atom is 0.339 e. The lowest BCUT2D eigenvalue weighted by Crippen LogP contribution is -2.20. The summed E-state index contributed by atoms with van der Waals surface area (Å²) in [6.45, 7) is 11.8. The van der Waals surface area contributed by atoms with Gasteiger partial charge in [-0.25, -0.2) is 9.59 Å². The van der Waals surface area contributed by atoms with Gasteiger partial charge in [0.1, 0.15) is 0 Å². The van der Waals surface area contributed by atoms with E-state index in [2.05, 4.69) is 34.6 Å². The third kappa shape index (κ3) is 10.7. The largest absolute Gasteiger partial charge is 0.462 e. The highest BCUT2D eigenvalue weighted by atomic mass is 16.5. The van der Waals surface area contributed by atoms with Crippen LogP contribution in [-0.4, -0.2) is 25.2 Å². The predicted molar refractivity (Wildman–Crippen MR) is 132 cm³/mol. The highest BCUT2D eigenvalue weighted by Gasteiger charge is 2.22. The third-order valence-electron chi connectivity index (χ3n) is 6.31. The molecule has 0 heterocycles. The molecule has 0 N–H and O–H groups in total. The van der Waals surface area contributed by atoms with E-state index in [9.17, 15) is 9.59 Å². The summed E-state index contributed by atoms with van der Waals surface area (Å²) in [7, 11) is 0. The summed E-state index contributed by atoms with van der Waals surface area (Å²) in [5, 5.41) is 0. The van der Waals surface area contributed by atoms with Crippen molar-refractivity contribution < 1.29 is 19.1 Å². The van der Waals surface area contributed by atoms with Crippen LogP contribution in [0.3, 0.4) is 0 Å². The first-order valence-corrected chi connectivity index (χ1v) is 12.9. The first-order valence-electron chi connectivity index (χ1n) is 12.9. The smallest absolute Gasteiger partial charge is 0.339 e. The molecule has 1 aromatic carbocycles. The molecule has 0 bridgehead atoms. The van der Waals surface area contributed by atoms with E-state index in [1.54, 1.807) is 24.3 Å². The second-order valence-corrected chi connectivity index (χ2v) is 9.30. The van der Waals surface area contributed by atoms with Gasteiger partial charge in [-0.2, -0.15) is 0 Å². The summed E-state index contributed by atoms with van der Waals surface area (Å²) < 4.78 is 11.3. The Hall–Kier alpha value is -1.84. The van der Waals surface area contributed by atoms with E-state index in [0.29, 0.717) is 42.1 Å². The molecule has 0 aliphatic rings. The van der Waals surface area contributed by atoms with Crippen LogP contribution >= 0.6 is 0 Å². The van der Waals surface area contributed by atoms with E-state index in [1.165, 1.54) is 12.8 Å². The lowest BCUT2D eigenvalue weighted by Gasteiger charge is -2.20. The molecule has 0 aliphatic carbocycles. The summed E-state index contributed by atoms with van der Waals surface area (Å²) in [6.07, 6.45) is 11.0. The molecule has 3 atom stereocenters. The van der Waals surface area contributed by atoms with E-state index in [4.69, 9.17) is 9.47 Å². The Morgan fingerprint density at radius 3 is 1.78 bits per heavy atom. The van der Waals surface area contributed by atoms with Crippen molar-refractivity contribution >= 4 is 11.9 Å².